The minimum Gasteiger partial charge on any atom is -0.457 e. The van der Waals surface area contributed by atoms with E-state index in [1.165, 1.54) is 5.39 Å². The summed E-state index contributed by atoms with van der Waals surface area (Å²) in [4.78, 5) is 0. The standard InChI is InChI=1S/C19H19NO3/c21-13-17(22)12-20-16-6-9-18(10-7-16)23-19-8-5-14-3-1-2-4-15(14)11-19/h1-11,17,20-22H,12-13H2. The maximum atomic E-state index is 9.32. The van der Waals surface area contributed by atoms with Crippen LogP contribution < -0.4 is 10.1 Å². The molecule has 0 aliphatic rings. The Hall–Kier alpha value is -2.56. The second-order valence-corrected chi connectivity index (χ2v) is 5.35. The molecular weight excluding hydrogens is 290 g/mol. The van der Waals surface area contributed by atoms with Gasteiger partial charge in [-0.25, -0.2) is 0 Å². The number of hydrogen-bond donors (Lipinski definition) is 3. The number of anilines is 1. The molecule has 4 nitrogen and oxygen atoms in total. The number of rotatable bonds is 6. The van der Waals surface area contributed by atoms with Gasteiger partial charge in [0.1, 0.15) is 11.5 Å². The van der Waals surface area contributed by atoms with Crippen LogP contribution in [0.1, 0.15) is 0 Å². The lowest BCUT2D eigenvalue weighted by Gasteiger charge is -2.11. The summed E-state index contributed by atoms with van der Waals surface area (Å²) < 4.78 is 5.87. The summed E-state index contributed by atoms with van der Waals surface area (Å²) in [6.45, 7) is 0.0531. The van der Waals surface area contributed by atoms with E-state index < -0.39 is 6.10 Å². The topological polar surface area (TPSA) is 61.7 Å². The zero-order valence-electron chi connectivity index (χ0n) is 12.6. The van der Waals surface area contributed by atoms with Crippen LogP contribution in [0.3, 0.4) is 0 Å². The maximum Gasteiger partial charge on any atom is 0.128 e. The van der Waals surface area contributed by atoms with Gasteiger partial charge in [0.05, 0.1) is 12.7 Å². The Morgan fingerprint density at radius 1 is 0.870 bits per heavy atom. The van der Waals surface area contributed by atoms with Gasteiger partial charge in [0.25, 0.3) is 0 Å². The first-order valence-corrected chi connectivity index (χ1v) is 7.54. The van der Waals surface area contributed by atoms with E-state index >= 15 is 0 Å². The average molecular weight is 309 g/mol. The molecule has 0 fully saturated rings. The molecule has 0 aromatic heterocycles. The second kappa shape index (κ2) is 7.13. The number of aliphatic hydroxyl groups excluding tert-OH is 2. The van der Waals surface area contributed by atoms with E-state index in [-0.39, 0.29) is 6.61 Å². The maximum absolute atomic E-state index is 9.32. The summed E-state index contributed by atoms with van der Waals surface area (Å²) in [5.41, 5.74) is 0.864. The van der Waals surface area contributed by atoms with E-state index in [4.69, 9.17) is 9.84 Å². The van der Waals surface area contributed by atoms with E-state index in [1.807, 2.05) is 54.6 Å². The van der Waals surface area contributed by atoms with Crippen molar-refractivity contribution in [3.05, 3.63) is 66.7 Å². The molecule has 3 aromatic rings. The van der Waals surface area contributed by atoms with Crippen molar-refractivity contribution in [3.63, 3.8) is 0 Å². The molecule has 1 atom stereocenters. The minimum atomic E-state index is -0.761. The molecule has 3 rings (SSSR count). The Kier molecular flexibility index (Phi) is 4.76. The van der Waals surface area contributed by atoms with Crippen molar-refractivity contribution in [1.82, 2.24) is 0 Å². The highest BCUT2D eigenvalue weighted by Gasteiger charge is 2.02. The number of ether oxygens (including phenoxy) is 1. The van der Waals surface area contributed by atoms with Crippen molar-refractivity contribution in [2.75, 3.05) is 18.5 Å². The second-order valence-electron chi connectivity index (χ2n) is 5.35. The van der Waals surface area contributed by atoms with Gasteiger partial charge in [-0.1, -0.05) is 30.3 Å². The van der Waals surface area contributed by atoms with E-state index in [9.17, 15) is 5.11 Å². The van der Waals surface area contributed by atoms with Crippen molar-refractivity contribution < 1.29 is 14.9 Å². The van der Waals surface area contributed by atoms with Crippen LogP contribution in [0.15, 0.2) is 66.7 Å². The molecule has 0 heterocycles. The first-order valence-electron chi connectivity index (χ1n) is 7.54. The highest BCUT2D eigenvalue weighted by Crippen LogP contribution is 2.26. The molecule has 0 aliphatic heterocycles. The highest BCUT2D eigenvalue weighted by molar-refractivity contribution is 5.83. The number of hydrogen-bond acceptors (Lipinski definition) is 4. The van der Waals surface area contributed by atoms with Gasteiger partial charge in [-0.3, -0.25) is 0 Å². The van der Waals surface area contributed by atoms with Crippen molar-refractivity contribution in [1.29, 1.82) is 0 Å². The quantitative estimate of drug-likeness (QED) is 0.653. The van der Waals surface area contributed by atoms with Crippen molar-refractivity contribution in [3.8, 4) is 11.5 Å². The SMILES string of the molecule is OCC(O)CNc1ccc(Oc2ccc3ccccc3c2)cc1. The van der Waals surface area contributed by atoms with E-state index in [0.717, 1.165) is 22.6 Å². The molecule has 0 amide bonds. The Morgan fingerprint density at radius 3 is 2.30 bits per heavy atom. The van der Waals surface area contributed by atoms with Gasteiger partial charge in [0, 0.05) is 12.2 Å². The largest absolute Gasteiger partial charge is 0.457 e. The molecule has 1 unspecified atom stereocenters. The van der Waals surface area contributed by atoms with Gasteiger partial charge < -0.3 is 20.3 Å². The number of nitrogens with one attached hydrogen (secondary N) is 1. The lowest BCUT2D eigenvalue weighted by atomic mass is 10.1. The lowest BCUT2D eigenvalue weighted by molar-refractivity contribution is 0.105. The van der Waals surface area contributed by atoms with Crippen LogP contribution >= 0.6 is 0 Å². The molecule has 3 aromatic carbocycles. The summed E-state index contributed by atoms with van der Waals surface area (Å²) in [5, 5.41) is 23.5. The summed E-state index contributed by atoms with van der Waals surface area (Å²) >= 11 is 0. The first kappa shape index (κ1) is 15.3. The van der Waals surface area contributed by atoms with E-state index in [0.29, 0.717) is 6.54 Å². The van der Waals surface area contributed by atoms with E-state index in [2.05, 4.69) is 17.4 Å². The summed E-state index contributed by atoms with van der Waals surface area (Å²) in [6, 6.07) is 21.6. The molecule has 0 saturated carbocycles. The van der Waals surface area contributed by atoms with Gasteiger partial charge in [-0.2, -0.15) is 0 Å². The van der Waals surface area contributed by atoms with Gasteiger partial charge in [0.15, 0.2) is 0 Å². The molecule has 0 spiro atoms. The molecule has 118 valence electrons. The van der Waals surface area contributed by atoms with Crippen LogP contribution in [0.5, 0.6) is 11.5 Å². The molecule has 0 aliphatic carbocycles. The Bertz CT molecular complexity index is 771. The minimum absolute atomic E-state index is 0.254. The molecule has 0 saturated heterocycles. The third-order valence-electron chi connectivity index (χ3n) is 3.56. The predicted molar refractivity (Wildman–Crippen MR) is 92.0 cm³/mol. The zero-order valence-corrected chi connectivity index (χ0v) is 12.6. The highest BCUT2D eigenvalue weighted by atomic mass is 16.5. The predicted octanol–water partition coefficient (Wildman–Crippen LogP) is 3.40. The van der Waals surface area contributed by atoms with Crippen LogP contribution in [0.2, 0.25) is 0 Å². The smallest absolute Gasteiger partial charge is 0.128 e. The van der Waals surface area contributed by atoms with Crippen LogP contribution in [0, 0.1) is 0 Å². The molecule has 0 radical (unpaired) electrons. The normalized spacial score (nSPS) is 12.1. The van der Waals surface area contributed by atoms with Crippen molar-refractivity contribution in [2.24, 2.45) is 0 Å². The third kappa shape index (κ3) is 4.00. The lowest BCUT2D eigenvalue weighted by Crippen LogP contribution is -2.22. The van der Waals surface area contributed by atoms with Gasteiger partial charge in [-0.15, -0.1) is 0 Å². The summed E-state index contributed by atoms with van der Waals surface area (Å²) in [5.74, 6) is 1.54. The third-order valence-corrected chi connectivity index (χ3v) is 3.56. The van der Waals surface area contributed by atoms with Crippen LogP contribution in [0.4, 0.5) is 5.69 Å². The van der Waals surface area contributed by atoms with Gasteiger partial charge in [0.2, 0.25) is 0 Å². The zero-order chi connectivity index (χ0) is 16.1. The molecule has 0 bridgehead atoms. The Balaban J connectivity index is 1.67. The van der Waals surface area contributed by atoms with Gasteiger partial charge >= 0.3 is 0 Å². The Morgan fingerprint density at radius 2 is 1.57 bits per heavy atom. The molecule has 4 heteroatoms. The summed E-state index contributed by atoms with van der Waals surface area (Å²) in [7, 11) is 0. The van der Waals surface area contributed by atoms with Crippen LogP contribution in [0.25, 0.3) is 10.8 Å². The van der Waals surface area contributed by atoms with Crippen LogP contribution in [-0.2, 0) is 0 Å². The fourth-order valence-electron chi connectivity index (χ4n) is 2.31. The van der Waals surface area contributed by atoms with Gasteiger partial charge in [-0.05, 0) is 47.2 Å². The van der Waals surface area contributed by atoms with Crippen LogP contribution in [-0.4, -0.2) is 29.5 Å². The Labute approximate surface area is 135 Å². The fraction of sp³-hybridized carbons (Fsp3) is 0.158. The average Bonchev–Trinajstić information content (AvgIpc) is 2.60. The monoisotopic (exact) mass is 309 g/mol. The number of fused-ring (bicyclic) bond motifs is 1. The molecular formula is C19H19NO3. The fourth-order valence-corrected chi connectivity index (χ4v) is 2.31. The molecule has 23 heavy (non-hydrogen) atoms. The van der Waals surface area contributed by atoms with E-state index in [1.54, 1.807) is 0 Å². The number of aliphatic hydroxyl groups is 2. The molecule has 3 N–H and O–H groups in total. The summed E-state index contributed by atoms with van der Waals surface area (Å²) in [6.07, 6.45) is -0.761. The van der Waals surface area contributed by atoms with Crippen molar-refractivity contribution >= 4 is 16.5 Å². The number of benzene rings is 3. The first-order chi connectivity index (χ1) is 11.2. The van der Waals surface area contributed by atoms with Crippen molar-refractivity contribution in [2.45, 2.75) is 6.10 Å².